The van der Waals surface area contributed by atoms with Crippen LogP contribution in [-0.4, -0.2) is 9.97 Å². The summed E-state index contributed by atoms with van der Waals surface area (Å²) in [5.74, 6) is 0.687. The fraction of sp³-hybridized carbons (Fsp3) is 0.0435. The molecule has 0 unspecified atom stereocenters. The van der Waals surface area contributed by atoms with Gasteiger partial charge in [0.2, 0.25) is 5.71 Å². The predicted molar refractivity (Wildman–Crippen MR) is 105 cm³/mol. The first-order valence-electron chi connectivity index (χ1n) is 8.61. The summed E-state index contributed by atoms with van der Waals surface area (Å²) in [6, 6.07) is 26.6. The summed E-state index contributed by atoms with van der Waals surface area (Å²) in [4.78, 5) is 9.46. The van der Waals surface area contributed by atoms with Crippen molar-refractivity contribution in [3.05, 3.63) is 84.6 Å². The molecule has 2 aromatic heterocycles. The fourth-order valence-corrected chi connectivity index (χ4v) is 3.39. The average Bonchev–Trinajstić information content (AvgIpc) is 3.08. The molecule has 0 bridgehead atoms. The van der Waals surface area contributed by atoms with Crippen LogP contribution in [0.3, 0.4) is 0 Å². The van der Waals surface area contributed by atoms with Gasteiger partial charge in [0, 0.05) is 10.9 Å². The van der Waals surface area contributed by atoms with E-state index in [2.05, 4.69) is 24.3 Å². The van der Waals surface area contributed by atoms with E-state index in [9.17, 15) is 0 Å². The minimum absolute atomic E-state index is 0.638. The molecule has 0 saturated heterocycles. The summed E-state index contributed by atoms with van der Waals surface area (Å²) >= 11 is 0. The van der Waals surface area contributed by atoms with Crippen LogP contribution < -0.4 is 0 Å². The molecule has 0 atom stereocenters. The molecular formula is C23H16N2O. The van der Waals surface area contributed by atoms with Gasteiger partial charge in [0.25, 0.3) is 0 Å². The molecule has 0 N–H and O–H groups in total. The van der Waals surface area contributed by atoms with Crippen molar-refractivity contribution in [1.82, 2.24) is 9.97 Å². The SMILES string of the molecule is Cc1nc(-c2cccc(-c3ccccc3)c2)nc2oc3ccccc3c12. The van der Waals surface area contributed by atoms with Crippen LogP contribution in [0.15, 0.2) is 83.3 Å². The van der Waals surface area contributed by atoms with Crippen molar-refractivity contribution < 1.29 is 4.42 Å². The molecule has 0 amide bonds. The van der Waals surface area contributed by atoms with E-state index in [1.165, 1.54) is 5.56 Å². The second-order valence-corrected chi connectivity index (χ2v) is 6.36. The van der Waals surface area contributed by atoms with Gasteiger partial charge in [0.05, 0.1) is 11.1 Å². The number of hydrogen-bond acceptors (Lipinski definition) is 3. The summed E-state index contributed by atoms with van der Waals surface area (Å²) in [5, 5.41) is 2.05. The molecule has 3 nitrogen and oxygen atoms in total. The third kappa shape index (κ3) is 2.37. The Morgan fingerprint density at radius 2 is 1.42 bits per heavy atom. The molecule has 124 valence electrons. The smallest absolute Gasteiger partial charge is 0.231 e. The van der Waals surface area contributed by atoms with Gasteiger partial charge < -0.3 is 4.42 Å². The number of nitrogens with zero attached hydrogens (tertiary/aromatic N) is 2. The van der Waals surface area contributed by atoms with Crippen LogP contribution in [-0.2, 0) is 0 Å². The zero-order valence-corrected chi connectivity index (χ0v) is 14.3. The molecule has 0 radical (unpaired) electrons. The minimum atomic E-state index is 0.638. The summed E-state index contributed by atoms with van der Waals surface area (Å²) in [6.07, 6.45) is 0. The van der Waals surface area contributed by atoms with Crippen LogP contribution >= 0.6 is 0 Å². The molecule has 0 saturated carbocycles. The second kappa shape index (κ2) is 5.81. The van der Waals surface area contributed by atoms with Crippen LogP contribution in [0, 0.1) is 6.92 Å². The summed E-state index contributed by atoms with van der Waals surface area (Å²) in [7, 11) is 0. The first kappa shape index (κ1) is 14.8. The van der Waals surface area contributed by atoms with Crippen molar-refractivity contribution in [2.75, 3.05) is 0 Å². The van der Waals surface area contributed by atoms with E-state index in [0.29, 0.717) is 11.5 Å². The van der Waals surface area contributed by atoms with Gasteiger partial charge in [-0.05, 0) is 30.2 Å². The number of hydrogen-bond donors (Lipinski definition) is 0. The van der Waals surface area contributed by atoms with Gasteiger partial charge in [-0.2, -0.15) is 4.98 Å². The Morgan fingerprint density at radius 1 is 0.692 bits per heavy atom. The molecule has 0 aliphatic rings. The van der Waals surface area contributed by atoms with Gasteiger partial charge >= 0.3 is 0 Å². The maximum absolute atomic E-state index is 5.96. The van der Waals surface area contributed by atoms with Gasteiger partial charge in [-0.3, -0.25) is 0 Å². The Hall–Kier alpha value is -3.46. The van der Waals surface area contributed by atoms with Crippen LogP contribution in [0.25, 0.3) is 44.6 Å². The normalized spacial score (nSPS) is 11.3. The zero-order chi connectivity index (χ0) is 17.5. The number of benzene rings is 3. The van der Waals surface area contributed by atoms with Crippen molar-refractivity contribution in [3.63, 3.8) is 0 Å². The standard InChI is InChI=1S/C23H16N2O/c1-15-21-19-12-5-6-13-20(19)26-23(21)25-22(24-15)18-11-7-10-17(14-18)16-8-3-2-4-9-16/h2-14H,1H3. The molecule has 2 heterocycles. The summed E-state index contributed by atoms with van der Waals surface area (Å²) in [5.41, 5.74) is 5.72. The number of furan rings is 1. The Bertz CT molecular complexity index is 1240. The molecular weight excluding hydrogens is 320 g/mol. The third-order valence-corrected chi connectivity index (χ3v) is 4.65. The molecule has 3 aromatic carbocycles. The monoisotopic (exact) mass is 336 g/mol. The quantitative estimate of drug-likeness (QED) is 0.396. The van der Waals surface area contributed by atoms with Crippen LogP contribution in [0.5, 0.6) is 0 Å². The van der Waals surface area contributed by atoms with E-state index >= 15 is 0 Å². The molecule has 26 heavy (non-hydrogen) atoms. The van der Waals surface area contributed by atoms with Crippen molar-refractivity contribution in [2.24, 2.45) is 0 Å². The Kier molecular flexibility index (Phi) is 3.32. The number of aromatic nitrogens is 2. The van der Waals surface area contributed by atoms with E-state index in [-0.39, 0.29) is 0 Å². The van der Waals surface area contributed by atoms with Gasteiger partial charge in [-0.1, -0.05) is 66.7 Å². The predicted octanol–water partition coefficient (Wildman–Crippen LogP) is 6.02. The van der Waals surface area contributed by atoms with Crippen molar-refractivity contribution in [2.45, 2.75) is 6.92 Å². The molecule has 3 heteroatoms. The summed E-state index contributed by atoms with van der Waals surface area (Å²) < 4.78 is 5.96. The highest BCUT2D eigenvalue weighted by molar-refractivity contribution is 6.05. The maximum atomic E-state index is 5.96. The van der Waals surface area contributed by atoms with E-state index in [0.717, 1.165) is 33.2 Å². The largest absolute Gasteiger partial charge is 0.438 e. The lowest BCUT2D eigenvalue weighted by Gasteiger charge is -2.06. The highest BCUT2D eigenvalue weighted by Gasteiger charge is 2.14. The first-order chi connectivity index (χ1) is 12.8. The average molecular weight is 336 g/mol. The maximum Gasteiger partial charge on any atom is 0.231 e. The Morgan fingerprint density at radius 3 is 2.31 bits per heavy atom. The van der Waals surface area contributed by atoms with Gasteiger partial charge in [0.1, 0.15) is 5.58 Å². The lowest BCUT2D eigenvalue weighted by atomic mass is 10.0. The molecule has 5 rings (SSSR count). The minimum Gasteiger partial charge on any atom is -0.438 e. The topological polar surface area (TPSA) is 38.9 Å². The number of fused-ring (bicyclic) bond motifs is 3. The summed E-state index contributed by atoms with van der Waals surface area (Å²) in [6.45, 7) is 2.01. The zero-order valence-electron chi connectivity index (χ0n) is 14.3. The number of rotatable bonds is 2. The lowest BCUT2D eigenvalue weighted by Crippen LogP contribution is -1.93. The highest BCUT2D eigenvalue weighted by atomic mass is 16.3. The van der Waals surface area contributed by atoms with Crippen LogP contribution in [0.4, 0.5) is 0 Å². The third-order valence-electron chi connectivity index (χ3n) is 4.65. The number of para-hydroxylation sites is 1. The molecule has 0 aliphatic carbocycles. The van der Waals surface area contributed by atoms with Crippen molar-refractivity contribution in [3.8, 4) is 22.5 Å². The van der Waals surface area contributed by atoms with E-state index in [4.69, 9.17) is 14.4 Å². The Labute approximate surface area is 151 Å². The lowest BCUT2D eigenvalue weighted by molar-refractivity contribution is 0.653. The first-order valence-corrected chi connectivity index (χ1v) is 8.61. The second-order valence-electron chi connectivity index (χ2n) is 6.36. The fourth-order valence-electron chi connectivity index (χ4n) is 3.39. The van der Waals surface area contributed by atoms with E-state index in [1.807, 2.05) is 61.5 Å². The van der Waals surface area contributed by atoms with E-state index in [1.54, 1.807) is 0 Å². The van der Waals surface area contributed by atoms with Gasteiger partial charge in [-0.25, -0.2) is 4.98 Å². The van der Waals surface area contributed by atoms with Crippen molar-refractivity contribution >= 4 is 22.1 Å². The molecule has 0 aliphatic heterocycles. The van der Waals surface area contributed by atoms with Crippen molar-refractivity contribution in [1.29, 1.82) is 0 Å². The Balaban J connectivity index is 1.69. The van der Waals surface area contributed by atoms with Crippen LogP contribution in [0.1, 0.15) is 5.69 Å². The highest BCUT2D eigenvalue weighted by Crippen LogP contribution is 2.31. The van der Waals surface area contributed by atoms with Gasteiger partial charge in [-0.15, -0.1) is 0 Å². The van der Waals surface area contributed by atoms with Gasteiger partial charge in [0.15, 0.2) is 5.82 Å². The number of aryl methyl sites for hydroxylation is 1. The molecule has 0 spiro atoms. The molecule has 5 aromatic rings. The van der Waals surface area contributed by atoms with Crippen LogP contribution in [0.2, 0.25) is 0 Å². The van der Waals surface area contributed by atoms with E-state index < -0.39 is 0 Å². The molecule has 0 fully saturated rings.